The van der Waals surface area contributed by atoms with Crippen molar-refractivity contribution >= 4 is 33.3 Å². The van der Waals surface area contributed by atoms with Gasteiger partial charge in [0.1, 0.15) is 12.6 Å². The minimum absolute atomic E-state index is 0.150. The number of anilines is 1. The molecule has 0 aliphatic carbocycles. The molecule has 1 atom stereocenters. The molecular formula is C25H33N3O5S. The molecule has 2 amide bonds. The van der Waals surface area contributed by atoms with E-state index in [2.05, 4.69) is 5.32 Å². The van der Waals surface area contributed by atoms with Gasteiger partial charge in [0.2, 0.25) is 21.8 Å². The number of hydrogen-bond acceptors (Lipinski definition) is 5. The van der Waals surface area contributed by atoms with E-state index in [0.717, 1.165) is 28.1 Å². The largest absolute Gasteiger partial charge is 0.354 e. The number of sulfonamides is 1. The van der Waals surface area contributed by atoms with E-state index in [4.69, 9.17) is 0 Å². The van der Waals surface area contributed by atoms with E-state index in [1.54, 1.807) is 19.1 Å². The average molecular weight is 488 g/mol. The third-order valence-electron chi connectivity index (χ3n) is 5.54. The molecule has 0 spiro atoms. The number of nitrogens with one attached hydrogen (secondary N) is 1. The zero-order valence-corrected chi connectivity index (χ0v) is 21.2. The molecule has 0 fully saturated rings. The lowest BCUT2D eigenvalue weighted by atomic mass is 10.1. The van der Waals surface area contributed by atoms with Crippen LogP contribution >= 0.6 is 0 Å². The molecule has 2 rings (SSSR count). The van der Waals surface area contributed by atoms with Crippen LogP contribution in [0.25, 0.3) is 0 Å². The van der Waals surface area contributed by atoms with Crippen molar-refractivity contribution in [3.8, 4) is 0 Å². The predicted octanol–water partition coefficient (Wildman–Crippen LogP) is 2.91. The second-order valence-electron chi connectivity index (χ2n) is 8.29. The summed E-state index contributed by atoms with van der Waals surface area (Å²) in [6, 6.07) is 12.8. The Hall–Kier alpha value is -3.20. The van der Waals surface area contributed by atoms with Crippen molar-refractivity contribution in [2.75, 3.05) is 23.7 Å². The van der Waals surface area contributed by atoms with E-state index in [1.807, 2.05) is 38.1 Å². The Morgan fingerprint density at radius 2 is 1.74 bits per heavy atom. The van der Waals surface area contributed by atoms with Crippen LogP contribution in [0.15, 0.2) is 48.5 Å². The van der Waals surface area contributed by atoms with Gasteiger partial charge in [-0.15, -0.1) is 0 Å². The van der Waals surface area contributed by atoms with E-state index in [9.17, 15) is 22.8 Å². The fraction of sp³-hybridized carbons (Fsp3) is 0.400. The van der Waals surface area contributed by atoms with Gasteiger partial charge in [-0.2, -0.15) is 0 Å². The molecule has 2 aromatic rings. The molecule has 184 valence electrons. The third kappa shape index (κ3) is 7.15. The first-order valence-electron chi connectivity index (χ1n) is 11.2. The summed E-state index contributed by atoms with van der Waals surface area (Å²) in [7, 11) is -3.86. The molecule has 2 aromatic carbocycles. The fourth-order valence-corrected chi connectivity index (χ4v) is 4.28. The Morgan fingerprint density at radius 1 is 1.06 bits per heavy atom. The van der Waals surface area contributed by atoms with E-state index in [1.165, 1.54) is 24.0 Å². The van der Waals surface area contributed by atoms with Crippen molar-refractivity contribution in [3.63, 3.8) is 0 Å². The summed E-state index contributed by atoms with van der Waals surface area (Å²) in [6.45, 7) is 6.98. The first-order chi connectivity index (χ1) is 16.0. The van der Waals surface area contributed by atoms with E-state index in [0.29, 0.717) is 12.1 Å². The summed E-state index contributed by atoms with van der Waals surface area (Å²) < 4.78 is 26.2. The maximum atomic E-state index is 13.5. The van der Waals surface area contributed by atoms with Crippen LogP contribution in [0.2, 0.25) is 0 Å². The van der Waals surface area contributed by atoms with Gasteiger partial charge in [0.25, 0.3) is 0 Å². The van der Waals surface area contributed by atoms with Crippen LogP contribution in [0.1, 0.15) is 48.7 Å². The minimum Gasteiger partial charge on any atom is -0.354 e. The molecule has 0 unspecified atom stereocenters. The molecule has 0 saturated heterocycles. The number of benzene rings is 2. The van der Waals surface area contributed by atoms with Gasteiger partial charge in [-0.25, -0.2) is 8.42 Å². The number of Topliss-reactive ketones (excluding diaryl/α,β-unsaturated/α-hetero) is 1. The Kier molecular flexibility index (Phi) is 9.37. The molecular weight excluding hydrogens is 454 g/mol. The summed E-state index contributed by atoms with van der Waals surface area (Å²) in [5.74, 6) is -1.06. The maximum absolute atomic E-state index is 13.5. The zero-order chi connectivity index (χ0) is 25.5. The third-order valence-corrected chi connectivity index (χ3v) is 6.68. The molecule has 0 radical (unpaired) electrons. The van der Waals surface area contributed by atoms with E-state index < -0.39 is 28.5 Å². The molecule has 34 heavy (non-hydrogen) atoms. The minimum atomic E-state index is -3.86. The van der Waals surface area contributed by atoms with Crippen molar-refractivity contribution in [1.29, 1.82) is 0 Å². The number of ketones is 1. The van der Waals surface area contributed by atoms with E-state index in [-0.39, 0.29) is 23.9 Å². The van der Waals surface area contributed by atoms with Crippen molar-refractivity contribution in [1.82, 2.24) is 10.2 Å². The number of nitrogens with zero attached hydrogens (tertiary/aromatic N) is 2. The number of amides is 2. The lowest BCUT2D eigenvalue weighted by Gasteiger charge is -2.32. The van der Waals surface area contributed by atoms with Crippen molar-refractivity contribution in [2.24, 2.45) is 0 Å². The van der Waals surface area contributed by atoms with Crippen LogP contribution in [0, 0.1) is 6.92 Å². The van der Waals surface area contributed by atoms with Crippen LogP contribution in [-0.2, 0) is 26.2 Å². The predicted molar refractivity (Wildman–Crippen MR) is 133 cm³/mol. The van der Waals surface area contributed by atoms with Crippen LogP contribution in [0.4, 0.5) is 5.69 Å². The molecule has 0 bridgehead atoms. The molecule has 0 heterocycles. The molecule has 8 nitrogen and oxygen atoms in total. The Balaban J connectivity index is 2.42. The van der Waals surface area contributed by atoms with Crippen molar-refractivity contribution in [3.05, 3.63) is 65.2 Å². The van der Waals surface area contributed by atoms with Gasteiger partial charge in [0.15, 0.2) is 5.78 Å². The number of carbonyl (C=O) groups is 3. The number of hydrogen-bond donors (Lipinski definition) is 1. The van der Waals surface area contributed by atoms with Gasteiger partial charge in [-0.1, -0.05) is 43.3 Å². The summed E-state index contributed by atoms with van der Waals surface area (Å²) >= 11 is 0. The molecule has 1 N–H and O–H groups in total. The normalized spacial score (nSPS) is 12.0. The highest BCUT2D eigenvalue weighted by Crippen LogP contribution is 2.21. The fourth-order valence-electron chi connectivity index (χ4n) is 3.44. The molecule has 0 aliphatic rings. The second-order valence-corrected chi connectivity index (χ2v) is 10.2. The summed E-state index contributed by atoms with van der Waals surface area (Å²) in [5, 5.41) is 2.80. The van der Waals surface area contributed by atoms with Gasteiger partial charge in [-0.3, -0.25) is 18.7 Å². The number of rotatable bonds is 11. The quantitative estimate of drug-likeness (QED) is 0.491. The highest BCUT2D eigenvalue weighted by atomic mass is 32.2. The van der Waals surface area contributed by atoms with Gasteiger partial charge >= 0.3 is 0 Å². The highest BCUT2D eigenvalue weighted by Gasteiger charge is 2.30. The Bertz CT molecular complexity index is 1150. The molecule has 0 saturated carbocycles. The topological polar surface area (TPSA) is 104 Å². The first-order valence-corrected chi connectivity index (χ1v) is 13.0. The molecule has 0 aromatic heterocycles. The van der Waals surface area contributed by atoms with Gasteiger partial charge in [0, 0.05) is 18.7 Å². The smallest absolute Gasteiger partial charge is 0.244 e. The first kappa shape index (κ1) is 27.0. The number of carbonyl (C=O) groups excluding carboxylic acids is 3. The molecule has 9 heteroatoms. The summed E-state index contributed by atoms with van der Waals surface area (Å²) in [4.78, 5) is 39.4. The van der Waals surface area contributed by atoms with Crippen molar-refractivity contribution < 1.29 is 22.8 Å². The maximum Gasteiger partial charge on any atom is 0.244 e. The number of aryl methyl sites for hydroxylation is 1. The highest BCUT2D eigenvalue weighted by molar-refractivity contribution is 7.92. The zero-order valence-electron chi connectivity index (χ0n) is 20.4. The SMILES string of the molecule is CCCNC(=O)[C@@H](C)N(Cc1ccccc1C)C(=O)CN(c1cccc(C(C)=O)c1)S(C)(=O)=O. The van der Waals surface area contributed by atoms with Crippen LogP contribution < -0.4 is 9.62 Å². The van der Waals surface area contributed by atoms with Gasteiger partial charge < -0.3 is 10.2 Å². The second kappa shape index (κ2) is 11.8. The lowest BCUT2D eigenvalue weighted by Crippen LogP contribution is -2.51. The summed E-state index contributed by atoms with van der Waals surface area (Å²) in [5.41, 5.74) is 2.36. The summed E-state index contributed by atoms with van der Waals surface area (Å²) in [6.07, 6.45) is 1.75. The Morgan fingerprint density at radius 3 is 2.32 bits per heavy atom. The standard InChI is InChI=1S/C25H33N3O5S/c1-6-14-26-25(31)19(3)27(16-22-11-8-7-10-18(22)2)24(30)17-28(34(5,32)33)23-13-9-12-21(15-23)20(4)29/h7-13,15,19H,6,14,16-17H2,1-5H3,(H,26,31)/t19-/m1/s1. The monoisotopic (exact) mass is 487 g/mol. The van der Waals surface area contributed by atoms with Crippen LogP contribution in [-0.4, -0.2) is 56.3 Å². The van der Waals surface area contributed by atoms with Crippen molar-refractivity contribution in [2.45, 2.75) is 46.7 Å². The Labute approximate surface area is 202 Å². The van der Waals surface area contributed by atoms with E-state index >= 15 is 0 Å². The van der Waals surface area contributed by atoms with Gasteiger partial charge in [0.05, 0.1) is 11.9 Å². The van der Waals surface area contributed by atoms with Crippen LogP contribution in [0.5, 0.6) is 0 Å². The average Bonchev–Trinajstić information content (AvgIpc) is 2.79. The van der Waals surface area contributed by atoms with Crippen LogP contribution in [0.3, 0.4) is 0 Å². The lowest BCUT2D eigenvalue weighted by molar-refractivity contribution is -0.139. The molecule has 0 aliphatic heterocycles. The van der Waals surface area contributed by atoms with Gasteiger partial charge in [-0.05, 0) is 50.5 Å².